The molecule has 0 saturated carbocycles. The second-order valence-electron chi connectivity index (χ2n) is 9.27. The number of piperidine rings is 1. The summed E-state index contributed by atoms with van der Waals surface area (Å²) in [6, 6.07) is 14.4. The molecule has 2 aromatic heterocycles. The van der Waals surface area contributed by atoms with Crippen LogP contribution < -0.4 is 10.1 Å². The Morgan fingerprint density at radius 2 is 1.89 bits per heavy atom. The maximum atomic E-state index is 13.2. The normalized spacial score (nSPS) is 15.3. The number of benzene rings is 2. The Kier molecular flexibility index (Phi) is 6.24. The number of aromatic nitrogens is 2. The number of thiazole rings is 1. The molecule has 0 atom stereocenters. The molecule has 0 radical (unpaired) electrons. The number of pyridine rings is 1. The predicted molar refractivity (Wildman–Crippen MR) is 142 cm³/mol. The lowest BCUT2D eigenvalue weighted by molar-refractivity contribution is 0.0534. The number of nitrogens with zero attached hydrogens (tertiary/aromatic N) is 3. The van der Waals surface area contributed by atoms with Crippen molar-refractivity contribution in [2.75, 3.05) is 25.5 Å². The molecular formula is C28H24N4O5S. The Labute approximate surface area is 222 Å². The van der Waals surface area contributed by atoms with Gasteiger partial charge in [-0.05, 0) is 37.1 Å². The van der Waals surface area contributed by atoms with Crippen molar-refractivity contribution in [3.8, 4) is 5.75 Å². The molecule has 192 valence electrons. The van der Waals surface area contributed by atoms with Crippen LogP contribution in [0, 0.1) is 0 Å². The van der Waals surface area contributed by atoms with Gasteiger partial charge in [-0.1, -0.05) is 18.2 Å². The SMILES string of the molecule is COc1cc(C(=O)N2CCC(c3nc(C(=O)Nc4ccc5c(c4)C(=O)OC5)cs3)CC2)nc2ccccc12. The molecule has 1 fully saturated rings. The van der Waals surface area contributed by atoms with Crippen molar-refractivity contribution in [1.82, 2.24) is 14.9 Å². The summed E-state index contributed by atoms with van der Waals surface area (Å²) < 4.78 is 10.5. The first-order valence-corrected chi connectivity index (χ1v) is 13.2. The number of para-hydroxylation sites is 1. The average Bonchev–Trinajstić information content (AvgIpc) is 3.59. The van der Waals surface area contributed by atoms with E-state index in [1.54, 1.807) is 36.8 Å². The third-order valence-corrected chi connectivity index (χ3v) is 7.96. The van der Waals surface area contributed by atoms with Gasteiger partial charge in [-0.15, -0.1) is 11.3 Å². The first-order chi connectivity index (χ1) is 18.5. The molecule has 9 nitrogen and oxygen atoms in total. The minimum absolute atomic E-state index is 0.120. The highest BCUT2D eigenvalue weighted by Gasteiger charge is 2.28. The first-order valence-electron chi connectivity index (χ1n) is 12.3. The monoisotopic (exact) mass is 528 g/mol. The van der Waals surface area contributed by atoms with Crippen LogP contribution in [0.25, 0.3) is 10.9 Å². The largest absolute Gasteiger partial charge is 0.496 e. The van der Waals surface area contributed by atoms with Crippen molar-refractivity contribution in [3.63, 3.8) is 0 Å². The van der Waals surface area contributed by atoms with Crippen molar-refractivity contribution in [2.45, 2.75) is 25.4 Å². The Morgan fingerprint density at radius 3 is 2.71 bits per heavy atom. The zero-order valence-corrected chi connectivity index (χ0v) is 21.4. The fourth-order valence-electron chi connectivity index (χ4n) is 4.88. The van der Waals surface area contributed by atoms with Crippen molar-refractivity contribution in [1.29, 1.82) is 0 Å². The number of methoxy groups -OCH3 is 1. The van der Waals surface area contributed by atoms with E-state index < -0.39 is 0 Å². The van der Waals surface area contributed by atoms with Crippen molar-refractivity contribution in [2.24, 2.45) is 0 Å². The highest BCUT2D eigenvalue weighted by molar-refractivity contribution is 7.10. The summed E-state index contributed by atoms with van der Waals surface area (Å²) in [5, 5.41) is 6.31. The number of cyclic esters (lactones) is 1. The smallest absolute Gasteiger partial charge is 0.338 e. The van der Waals surface area contributed by atoms with Crippen molar-refractivity contribution in [3.05, 3.63) is 81.4 Å². The highest BCUT2D eigenvalue weighted by atomic mass is 32.1. The van der Waals surface area contributed by atoms with E-state index in [0.717, 1.165) is 34.3 Å². The van der Waals surface area contributed by atoms with E-state index in [0.29, 0.717) is 41.5 Å². The Morgan fingerprint density at radius 1 is 1.08 bits per heavy atom. The molecular weight excluding hydrogens is 504 g/mol. The fourth-order valence-corrected chi connectivity index (χ4v) is 5.85. The molecule has 0 bridgehead atoms. The van der Waals surface area contributed by atoms with Gasteiger partial charge in [-0.2, -0.15) is 0 Å². The fraction of sp³-hybridized carbons (Fsp3) is 0.250. The van der Waals surface area contributed by atoms with Gasteiger partial charge in [-0.25, -0.2) is 14.8 Å². The van der Waals surface area contributed by atoms with E-state index in [1.807, 2.05) is 29.2 Å². The zero-order valence-electron chi connectivity index (χ0n) is 20.6. The number of carbonyl (C=O) groups excluding carboxylic acids is 3. The Bertz CT molecular complexity index is 1570. The van der Waals surface area contributed by atoms with Crippen LogP contribution in [0.3, 0.4) is 0 Å². The van der Waals surface area contributed by atoms with Gasteiger partial charge in [0.15, 0.2) is 0 Å². The number of likely N-dealkylation sites (tertiary alicyclic amines) is 1. The summed E-state index contributed by atoms with van der Waals surface area (Å²) in [5.41, 5.74) is 3.22. The molecule has 38 heavy (non-hydrogen) atoms. The van der Waals surface area contributed by atoms with Crippen LogP contribution in [0.1, 0.15) is 60.7 Å². The summed E-state index contributed by atoms with van der Waals surface area (Å²) >= 11 is 1.45. The molecule has 4 heterocycles. The van der Waals surface area contributed by atoms with E-state index in [1.165, 1.54) is 11.3 Å². The molecule has 10 heteroatoms. The number of carbonyl (C=O) groups is 3. The summed E-state index contributed by atoms with van der Waals surface area (Å²) in [7, 11) is 1.59. The second-order valence-corrected chi connectivity index (χ2v) is 10.2. The predicted octanol–water partition coefficient (Wildman–Crippen LogP) is 4.64. The quantitative estimate of drug-likeness (QED) is 0.376. The van der Waals surface area contributed by atoms with E-state index in [9.17, 15) is 14.4 Å². The minimum Gasteiger partial charge on any atom is -0.496 e. The maximum Gasteiger partial charge on any atom is 0.338 e. The van der Waals surface area contributed by atoms with Gasteiger partial charge in [-0.3, -0.25) is 9.59 Å². The number of ether oxygens (including phenoxy) is 2. The molecule has 2 aromatic carbocycles. The summed E-state index contributed by atoms with van der Waals surface area (Å²) in [6.07, 6.45) is 1.50. The molecule has 4 aromatic rings. The molecule has 1 saturated heterocycles. The van der Waals surface area contributed by atoms with Crippen LogP contribution in [0.4, 0.5) is 5.69 Å². The van der Waals surface area contributed by atoms with Crippen LogP contribution in [0.15, 0.2) is 53.9 Å². The summed E-state index contributed by atoms with van der Waals surface area (Å²) in [4.78, 5) is 48.8. The summed E-state index contributed by atoms with van der Waals surface area (Å²) in [5.74, 6) is -0.0400. The lowest BCUT2D eigenvalue weighted by Gasteiger charge is -2.31. The highest BCUT2D eigenvalue weighted by Crippen LogP contribution is 2.32. The van der Waals surface area contributed by atoms with Gasteiger partial charge >= 0.3 is 5.97 Å². The second kappa shape index (κ2) is 9.86. The van der Waals surface area contributed by atoms with Gasteiger partial charge in [0.25, 0.3) is 11.8 Å². The number of anilines is 1. The first kappa shape index (κ1) is 24.1. The molecule has 0 unspecified atom stereocenters. The Balaban J connectivity index is 1.09. The molecule has 2 aliphatic rings. The van der Waals surface area contributed by atoms with Crippen LogP contribution >= 0.6 is 11.3 Å². The molecule has 0 spiro atoms. The molecule has 1 N–H and O–H groups in total. The van der Waals surface area contributed by atoms with Crippen molar-refractivity contribution < 1.29 is 23.9 Å². The third-order valence-electron chi connectivity index (χ3n) is 6.95. The number of nitrogens with one attached hydrogen (secondary N) is 1. The van der Waals surface area contributed by atoms with Gasteiger partial charge in [0.1, 0.15) is 23.7 Å². The zero-order chi connectivity index (χ0) is 26.2. The number of hydrogen-bond acceptors (Lipinski definition) is 8. The summed E-state index contributed by atoms with van der Waals surface area (Å²) in [6.45, 7) is 1.41. The van der Waals surface area contributed by atoms with Crippen LogP contribution in [-0.4, -0.2) is 52.9 Å². The average molecular weight is 529 g/mol. The lowest BCUT2D eigenvalue weighted by Crippen LogP contribution is -2.38. The van der Waals surface area contributed by atoms with Gasteiger partial charge in [0, 0.05) is 47.1 Å². The van der Waals surface area contributed by atoms with Gasteiger partial charge in [0.05, 0.1) is 23.2 Å². The standard InChI is InChI=1S/C28H24N4O5S/c1-36-24-13-22(30-21-5-3-2-4-19(21)24)27(34)32-10-8-16(9-11-32)26-31-23(15-38-26)25(33)29-18-7-6-17-14-37-28(35)20(17)12-18/h2-7,12-13,15-16H,8-11,14H2,1H3,(H,29,33). The number of fused-ring (bicyclic) bond motifs is 2. The van der Waals surface area contributed by atoms with Gasteiger partial charge < -0.3 is 19.7 Å². The van der Waals surface area contributed by atoms with E-state index in [4.69, 9.17) is 9.47 Å². The van der Waals surface area contributed by atoms with Crippen LogP contribution in [-0.2, 0) is 11.3 Å². The minimum atomic E-state index is -0.382. The van der Waals surface area contributed by atoms with Crippen LogP contribution in [0.2, 0.25) is 0 Å². The number of hydrogen-bond donors (Lipinski definition) is 1. The lowest BCUT2D eigenvalue weighted by atomic mass is 9.97. The van der Waals surface area contributed by atoms with Crippen molar-refractivity contribution >= 4 is 45.7 Å². The molecule has 2 amide bonds. The topological polar surface area (TPSA) is 111 Å². The maximum absolute atomic E-state index is 13.2. The van der Waals surface area contributed by atoms with Gasteiger partial charge in [0.2, 0.25) is 0 Å². The number of rotatable bonds is 5. The molecule has 2 aliphatic heterocycles. The number of esters is 1. The van der Waals surface area contributed by atoms with E-state index in [2.05, 4.69) is 15.3 Å². The van der Waals surface area contributed by atoms with E-state index >= 15 is 0 Å². The van der Waals surface area contributed by atoms with E-state index in [-0.39, 0.29) is 30.3 Å². The molecule has 6 rings (SSSR count). The third kappa shape index (κ3) is 4.47. The Hall–Kier alpha value is -4.31. The molecule has 0 aliphatic carbocycles. The number of amides is 2. The van der Waals surface area contributed by atoms with Crippen LogP contribution in [0.5, 0.6) is 5.75 Å².